The molecular formula is C40H43NO9. The molecule has 0 saturated carbocycles. The van der Waals surface area contributed by atoms with Gasteiger partial charge in [0.25, 0.3) is 0 Å². The van der Waals surface area contributed by atoms with Gasteiger partial charge in [0.1, 0.15) is 17.2 Å². The second-order valence-electron chi connectivity index (χ2n) is 11.0. The molecule has 1 amide bonds. The molecule has 0 saturated heterocycles. The number of unbranched alkanes of at least 4 members (excludes halogenated alkanes) is 2. The molecule has 50 heavy (non-hydrogen) atoms. The summed E-state index contributed by atoms with van der Waals surface area (Å²) in [6.07, 6.45) is 11.3. The Balaban J connectivity index is 1.41. The lowest BCUT2D eigenvalue weighted by atomic mass is 10.1. The molecule has 0 aliphatic rings. The van der Waals surface area contributed by atoms with E-state index >= 15 is 0 Å². The number of hydrogen-bond donors (Lipinski definition) is 1. The fourth-order valence-corrected chi connectivity index (χ4v) is 4.43. The molecule has 1 N–H and O–H groups in total. The Morgan fingerprint density at radius 3 is 1.50 bits per heavy atom. The normalized spacial score (nSPS) is 10.8. The fraction of sp³-hybridized carbons (Fsp3) is 0.250. The maximum Gasteiger partial charge on any atom is 0.336 e. The van der Waals surface area contributed by atoms with Crippen molar-refractivity contribution < 1.29 is 42.9 Å². The second kappa shape index (κ2) is 21.1. The summed E-state index contributed by atoms with van der Waals surface area (Å²) in [5.41, 5.74) is 3.75. The molecule has 0 radical (unpaired) electrons. The van der Waals surface area contributed by atoms with Gasteiger partial charge >= 0.3 is 17.9 Å². The molecule has 262 valence electrons. The highest BCUT2D eigenvalue weighted by atomic mass is 16.5. The Morgan fingerprint density at radius 2 is 1.04 bits per heavy atom. The standard InChI is InChI=1S/C40H43NO9/c1-5-37(43)48-25-9-7-23-46-33-17-11-31(12-18-33)15-21-36(42)41-40-29(3)27-35(28-30(40)4)50-39(45)22-16-32-13-19-34(20-14-32)47-24-8-10-26-49-38(44)6-2/h5-6,11-22,27-28H,1-2,7-10,23-26H2,3-4H3,(H,41,42)/b21-15+,22-16+. The van der Waals surface area contributed by atoms with Gasteiger partial charge in [-0.1, -0.05) is 37.4 Å². The third-order valence-electron chi connectivity index (χ3n) is 7.01. The second-order valence-corrected chi connectivity index (χ2v) is 11.0. The minimum absolute atomic E-state index is 0.302. The molecule has 0 unspecified atom stereocenters. The van der Waals surface area contributed by atoms with E-state index in [0.29, 0.717) is 62.2 Å². The maximum absolute atomic E-state index is 12.7. The van der Waals surface area contributed by atoms with Crippen molar-refractivity contribution in [3.8, 4) is 17.2 Å². The lowest BCUT2D eigenvalue weighted by Gasteiger charge is -2.12. The smallest absolute Gasteiger partial charge is 0.336 e. The first kappa shape index (κ1) is 38.5. The minimum Gasteiger partial charge on any atom is -0.494 e. The summed E-state index contributed by atoms with van der Waals surface area (Å²) in [6.45, 7) is 12.0. The Kier molecular flexibility index (Phi) is 16.3. The number of hydrogen-bond acceptors (Lipinski definition) is 9. The van der Waals surface area contributed by atoms with E-state index in [1.807, 2.05) is 62.4 Å². The largest absolute Gasteiger partial charge is 0.494 e. The van der Waals surface area contributed by atoms with E-state index in [9.17, 15) is 19.2 Å². The molecule has 3 aromatic carbocycles. The van der Waals surface area contributed by atoms with Crippen LogP contribution < -0.4 is 19.5 Å². The van der Waals surface area contributed by atoms with E-state index in [0.717, 1.165) is 47.2 Å². The van der Waals surface area contributed by atoms with E-state index in [1.54, 1.807) is 24.3 Å². The van der Waals surface area contributed by atoms with E-state index in [1.165, 1.54) is 12.2 Å². The van der Waals surface area contributed by atoms with Crippen LogP contribution in [0.4, 0.5) is 5.69 Å². The lowest BCUT2D eigenvalue weighted by molar-refractivity contribution is -0.138. The summed E-state index contributed by atoms with van der Waals surface area (Å²) in [7, 11) is 0. The van der Waals surface area contributed by atoms with E-state index in [-0.39, 0.29) is 5.91 Å². The van der Waals surface area contributed by atoms with Crippen molar-refractivity contribution in [1.29, 1.82) is 0 Å². The van der Waals surface area contributed by atoms with Crippen molar-refractivity contribution in [2.75, 3.05) is 31.7 Å². The molecular weight excluding hydrogens is 638 g/mol. The first-order chi connectivity index (χ1) is 24.2. The molecule has 10 heteroatoms. The molecule has 3 rings (SSSR count). The molecule has 0 aromatic heterocycles. The van der Waals surface area contributed by atoms with Crippen LogP contribution in [0, 0.1) is 13.8 Å². The third kappa shape index (κ3) is 14.5. The zero-order chi connectivity index (χ0) is 36.1. The number of nitrogens with one attached hydrogen (secondary N) is 1. The molecule has 0 bridgehead atoms. The van der Waals surface area contributed by atoms with Crippen LogP contribution >= 0.6 is 0 Å². The van der Waals surface area contributed by atoms with Crippen LogP contribution in [0.25, 0.3) is 12.2 Å². The number of anilines is 1. The summed E-state index contributed by atoms with van der Waals surface area (Å²) in [6, 6.07) is 18.0. The molecule has 10 nitrogen and oxygen atoms in total. The van der Waals surface area contributed by atoms with Crippen LogP contribution in [0.1, 0.15) is 47.9 Å². The van der Waals surface area contributed by atoms with Gasteiger partial charge in [0.05, 0.1) is 26.4 Å². The van der Waals surface area contributed by atoms with Crippen LogP contribution in [0.3, 0.4) is 0 Å². The molecule has 0 fully saturated rings. The number of aryl methyl sites for hydroxylation is 2. The summed E-state index contributed by atoms with van der Waals surface area (Å²) in [4.78, 5) is 47.3. The van der Waals surface area contributed by atoms with Crippen LogP contribution in [-0.4, -0.2) is 50.2 Å². The van der Waals surface area contributed by atoms with Crippen LogP contribution in [0.15, 0.2) is 98.1 Å². The number of carbonyl (C=O) groups excluding carboxylic acids is 4. The first-order valence-electron chi connectivity index (χ1n) is 16.2. The van der Waals surface area contributed by atoms with Crippen molar-refractivity contribution in [3.05, 3.63) is 120 Å². The van der Waals surface area contributed by atoms with Gasteiger partial charge in [-0.3, -0.25) is 4.79 Å². The van der Waals surface area contributed by atoms with E-state index < -0.39 is 17.9 Å². The van der Waals surface area contributed by atoms with Crippen molar-refractivity contribution in [3.63, 3.8) is 0 Å². The van der Waals surface area contributed by atoms with Crippen LogP contribution in [-0.2, 0) is 28.7 Å². The van der Waals surface area contributed by atoms with Crippen LogP contribution in [0.5, 0.6) is 17.2 Å². The average molecular weight is 682 g/mol. The third-order valence-corrected chi connectivity index (χ3v) is 7.01. The summed E-state index contributed by atoms with van der Waals surface area (Å²) in [5.74, 6) is 0.0522. The number of rotatable bonds is 20. The predicted molar refractivity (Wildman–Crippen MR) is 193 cm³/mol. The highest BCUT2D eigenvalue weighted by molar-refractivity contribution is 6.03. The van der Waals surface area contributed by atoms with Gasteiger partial charge in [0.2, 0.25) is 5.91 Å². The maximum atomic E-state index is 12.7. The summed E-state index contributed by atoms with van der Waals surface area (Å²) >= 11 is 0. The Labute approximate surface area is 293 Å². The first-order valence-corrected chi connectivity index (χ1v) is 16.2. The number of ether oxygens (including phenoxy) is 5. The number of carbonyl (C=O) groups is 4. The number of amides is 1. The molecule has 3 aromatic rings. The zero-order valence-corrected chi connectivity index (χ0v) is 28.5. The van der Waals surface area contributed by atoms with Gasteiger partial charge in [0, 0.05) is 30.0 Å². The van der Waals surface area contributed by atoms with Gasteiger partial charge in [0.15, 0.2) is 0 Å². The van der Waals surface area contributed by atoms with Crippen LogP contribution in [0.2, 0.25) is 0 Å². The summed E-state index contributed by atoms with van der Waals surface area (Å²) < 4.78 is 26.8. The van der Waals surface area contributed by atoms with Gasteiger partial charge < -0.3 is 29.0 Å². The van der Waals surface area contributed by atoms with Gasteiger partial charge in [-0.25, -0.2) is 14.4 Å². The quantitative estimate of drug-likeness (QED) is 0.0564. The summed E-state index contributed by atoms with van der Waals surface area (Å²) in [5, 5.41) is 2.90. The van der Waals surface area contributed by atoms with Gasteiger partial charge in [-0.2, -0.15) is 0 Å². The van der Waals surface area contributed by atoms with Crippen molar-refractivity contribution in [1.82, 2.24) is 0 Å². The topological polar surface area (TPSA) is 126 Å². The Bertz CT molecular complexity index is 1650. The lowest BCUT2D eigenvalue weighted by Crippen LogP contribution is -2.11. The van der Waals surface area contributed by atoms with Gasteiger partial charge in [-0.15, -0.1) is 0 Å². The molecule has 0 atom stereocenters. The average Bonchev–Trinajstić information content (AvgIpc) is 3.11. The van der Waals surface area contributed by atoms with Gasteiger partial charge in [-0.05, 0) is 110 Å². The van der Waals surface area contributed by atoms with E-state index in [2.05, 4.69) is 18.5 Å². The van der Waals surface area contributed by atoms with Crippen molar-refractivity contribution in [2.24, 2.45) is 0 Å². The monoisotopic (exact) mass is 681 g/mol. The zero-order valence-electron chi connectivity index (χ0n) is 28.5. The minimum atomic E-state index is -0.538. The van der Waals surface area contributed by atoms with Crippen molar-refractivity contribution >= 4 is 41.7 Å². The number of esters is 3. The highest BCUT2D eigenvalue weighted by Gasteiger charge is 2.10. The molecule has 0 aliphatic carbocycles. The Hall–Kier alpha value is -5.90. The molecule has 0 aliphatic heterocycles. The van der Waals surface area contributed by atoms with E-state index in [4.69, 9.17) is 23.7 Å². The predicted octanol–water partition coefficient (Wildman–Crippen LogP) is 7.35. The Morgan fingerprint density at radius 1 is 0.600 bits per heavy atom. The molecule has 0 heterocycles. The SMILES string of the molecule is C=CC(=O)OCCCCOc1ccc(/C=C/C(=O)Nc2c(C)cc(OC(=O)/C=C/c3ccc(OCCCCOC(=O)C=C)cc3)cc2C)cc1. The number of benzene rings is 3. The fourth-order valence-electron chi connectivity index (χ4n) is 4.43. The highest BCUT2D eigenvalue weighted by Crippen LogP contribution is 2.27. The molecule has 0 spiro atoms. The van der Waals surface area contributed by atoms with Crippen molar-refractivity contribution in [2.45, 2.75) is 39.5 Å².